The Morgan fingerprint density at radius 3 is 2.56 bits per heavy atom. The molecule has 214 valence electrons. The molecule has 1 aliphatic carbocycles. The molecule has 14 heteroatoms. The van der Waals surface area contributed by atoms with E-state index < -0.39 is 43.5 Å². The second-order valence-corrected chi connectivity index (χ2v) is 11.1. The summed E-state index contributed by atoms with van der Waals surface area (Å²) in [5.74, 6) is 0.216. The first-order valence-electron chi connectivity index (χ1n) is 12.8. The Morgan fingerprint density at radius 1 is 1.18 bits per heavy atom. The van der Waals surface area contributed by atoms with E-state index in [9.17, 15) is 18.9 Å². The fourth-order valence-electron chi connectivity index (χ4n) is 4.24. The molecule has 2 aromatic rings. The first kappa shape index (κ1) is 29.0. The van der Waals surface area contributed by atoms with Crippen molar-refractivity contribution in [3.05, 3.63) is 56.9 Å². The van der Waals surface area contributed by atoms with Crippen molar-refractivity contribution in [2.45, 2.75) is 70.6 Å². The summed E-state index contributed by atoms with van der Waals surface area (Å²) < 4.78 is 48.3. The summed E-state index contributed by atoms with van der Waals surface area (Å²) in [6, 6.07) is 5.34. The smallest absolute Gasteiger partial charge is 0.459 e. The van der Waals surface area contributed by atoms with Gasteiger partial charge >= 0.3 is 19.4 Å². The highest BCUT2D eigenvalue weighted by Crippen LogP contribution is 2.46. The molecule has 2 fully saturated rings. The van der Waals surface area contributed by atoms with Gasteiger partial charge in [-0.2, -0.15) is 5.09 Å². The van der Waals surface area contributed by atoms with Crippen LogP contribution in [0.5, 0.6) is 11.5 Å². The first-order chi connectivity index (χ1) is 18.7. The SMILES string of the molecule is COc1ccc(OP(=O)(NC(C)C(=O)OC2CCCCC2)OC[C@@H]2OC[C@H](n3cc(C)c(=O)[nH]c3=O)O2)cc1. The molecule has 0 amide bonds. The summed E-state index contributed by atoms with van der Waals surface area (Å²) in [5, 5.41) is 2.65. The second kappa shape index (κ2) is 12.9. The molecule has 2 heterocycles. The maximum atomic E-state index is 13.8. The van der Waals surface area contributed by atoms with Crippen LogP contribution < -0.4 is 25.6 Å². The lowest BCUT2D eigenvalue weighted by atomic mass is 9.98. The first-order valence-corrected chi connectivity index (χ1v) is 14.4. The van der Waals surface area contributed by atoms with Gasteiger partial charge in [0.25, 0.3) is 5.56 Å². The Hall–Kier alpha value is -2.96. The van der Waals surface area contributed by atoms with Crippen molar-refractivity contribution in [3.63, 3.8) is 0 Å². The normalized spacial score (nSPS) is 22.1. The number of aromatic amines is 1. The lowest BCUT2D eigenvalue weighted by Crippen LogP contribution is -2.38. The van der Waals surface area contributed by atoms with Crippen LogP contribution >= 0.6 is 7.75 Å². The minimum Gasteiger partial charge on any atom is -0.497 e. The van der Waals surface area contributed by atoms with Gasteiger partial charge in [0, 0.05) is 11.8 Å². The highest BCUT2D eigenvalue weighted by molar-refractivity contribution is 7.52. The van der Waals surface area contributed by atoms with E-state index in [-0.39, 0.29) is 25.1 Å². The number of esters is 1. The zero-order valence-electron chi connectivity index (χ0n) is 22.1. The summed E-state index contributed by atoms with van der Waals surface area (Å²) in [4.78, 5) is 38.8. The summed E-state index contributed by atoms with van der Waals surface area (Å²) in [7, 11) is -2.65. The fourth-order valence-corrected chi connectivity index (χ4v) is 5.72. The average Bonchev–Trinajstić information content (AvgIpc) is 3.39. The summed E-state index contributed by atoms with van der Waals surface area (Å²) in [6.07, 6.45) is 4.06. The van der Waals surface area contributed by atoms with Gasteiger partial charge in [-0.05, 0) is 63.8 Å². The molecule has 2 unspecified atom stereocenters. The van der Waals surface area contributed by atoms with Gasteiger partial charge in [-0.1, -0.05) is 6.42 Å². The fraction of sp³-hybridized carbons (Fsp3) is 0.560. The van der Waals surface area contributed by atoms with E-state index in [0.29, 0.717) is 11.3 Å². The maximum absolute atomic E-state index is 13.8. The highest BCUT2D eigenvalue weighted by Gasteiger charge is 2.36. The third kappa shape index (κ3) is 7.80. The number of carbonyl (C=O) groups excluding carboxylic acids is 1. The van der Waals surface area contributed by atoms with Crippen molar-refractivity contribution in [1.82, 2.24) is 14.6 Å². The second-order valence-electron chi connectivity index (χ2n) is 9.44. The van der Waals surface area contributed by atoms with E-state index in [0.717, 1.165) is 32.1 Å². The van der Waals surface area contributed by atoms with Crippen LogP contribution in [-0.4, -0.2) is 54.3 Å². The molecule has 4 atom stereocenters. The Bertz CT molecular complexity index is 1290. The Kier molecular flexibility index (Phi) is 9.62. The van der Waals surface area contributed by atoms with Gasteiger partial charge < -0.3 is 23.5 Å². The molecule has 0 spiro atoms. The average molecular weight is 568 g/mol. The summed E-state index contributed by atoms with van der Waals surface area (Å²) in [5.41, 5.74) is -0.816. The Labute approximate surface area is 225 Å². The highest BCUT2D eigenvalue weighted by atomic mass is 31.2. The monoisotopic (exact) mass is 567 g/mol. The predicted molar refractivity (Wildman–Crippen MR) is 139 cm³/mol. The number of methoxy groups -OCH3 is 1. The molecule has 1 aromatic carbocycles. The molecule has 0 radical (unpaired) electrons. The molecule has 4 rings (SSSR count). The van der Waals surface area contributed by atoms with E-state index >= 15 is 0 Å². The number of nitrogens with one attached hydrogen (secondary N) is 2. The number of carbonyl (C=O) groups is 1. The predicted octanol–water partition coefficient (Wildman–Crippen LogP) is 2.78. The van der Waals surface area contributed by atoms with E-state index in [4.69, 9.17) is 28.0 Å². The Morgan fingerprint density at radius 2 is 1.87 bits per heavy atom. The van der Waals surface area contributed by atoms with Crippen LogP contribution in [-0.2, 0) is 28.1 Å². The largest absolute Gasteiger partial charge is 0.497 e. The molecule has 1 saturated carbocycles. The van der Waals surface area contributed by atoms with Gasteiger partial charge in [-0.15, -0.1) is 0 Å². The van der Waals surface area contributed by atoms with E-state index in [1.165, 1.54) is 24.8 Å². The van der Waals surface area contributed by atoms with Crippen molar-refractivity contribution >= 4 is 13.7 Å². The van der Waals surface area contributed by atoms with Gasteiger partial charge in [0.2, 0.25) is 0 Å². The third-order valence-corrected chi connectivity index (χ3v) is 8.04. The zero-order chi connectivity index (χ0) is 28.0. The number of aryl methyl sites for hydroxylation is 1. The van der Waals surface area contributed by atoms with Crippen LogP contribution in [0.25, 0.3) is 0 Å². The van der Waals surface area contributed by atoms with Crippen LogP contribution in [0.1, 0.15) is 50.8 Å². The molecule has 1 aromatic heterocycles. The third-order valence-electron chi connectivity index (χ3n) is 6.40. The van der Waals surface area contributed by atoms with Crippen LogP contribution in [0.2, 0.25) is 0 Å². The maximum Gasteiger partial charge on any atom is 0.459 e. The topological polar surface area (TPSA) is 156 Å². The van der Waals surface area contributed by atoms with Crippen LogP contribution in [0, 0.1) is 6.92 Å². The number of H-pyrrole nitrogens is 1. The van der Waals surface area contributed by atoms with Crippen molar-refractivity contribution in [2.75, 3.05) is 20.3 Å². The molecular weight excluding hydrogens is 533 g/mol. The molecule has 1 aliphatic heterocycles. The summed E-state index contributed by atoms with van der Waals surface area (Å²) in [6.45, 7) is 2.71. The number of aromatic nitrogens is 2. The number of benzene rings is 1. The lowest BCUT2D eigenvalue weighted by molar-refractivity contribution is -0.152. The molecule has 39 heavy (non-hydrogen) atoms. The zero-order valence-corrected chi connectivity index (χ0v) is 23.0. The molecule has 13 nitrogen and oxygen atoms in total. The van der Waals surface area contributed by atoms with Gasteiger partial charge in [-0.3, -0.25) is 23.7 Å². The van der Waals surface area contributed by atoms with E-state index in [1.807, 2.05) is 0 Å². The van der Waals surface area contributed by atoms with E-state index in [2.05, 4.69) is 10.1 Å². The van der Waals surface area contributed by atoms with Crippen molar-refractivity contribution < 1.29 is 37.4 Å². The molecule has 1 saturated heterocycles. The molecule has 2 aliphatic rings. The minimum absolute atomic E-state index is 0.0133. The summed E-state index contributed by atoms with van der Waals surface area (Å²) >= 11 is 0. The van der Waals surface area contributed by atoms with Gasteiger partial charge in [-0.25, -0.2) is 9.36 Å². The molecular formula is C25H34N3O10P. The number of hydrogen-bond acceptors (Lipinski definition) is 10. The lowest BCUT2D eigenvalue weighted by Gasteiger charge is -2.26. The quantitative estimate of drug-likeness (QED) is 0.304. The standard InChI is InChI=1S/C25H34N3O10P/c1-16-13-28(25(31)26-23(16)29)21-14-34-22(37-21)15-35-39(32,38-20-11-9-18(33-3)10-12-20)27-17(2)24(30)36-19-7-5-4-6-8-19/h9-13,17,19,21-22H,4-8,14-15H2,1-3H3,(H,27,32)(H,26,29,31)/t17?,21-,22-,39?/m1/s1. The van der Waals surface area contributed by atoms with Gasteiger partial charge in [0.1, 0.15) is 30.3 Å². The van der Waals surface area contributed by atoms with Gasteiger partial charge in [0.15, 0.2) is 12.5 Å². The van der Waals surface area contributed by atoms with Crippen molar-refractivity contribution in [3.8, 4) is 11.5 Å². The van der Waals surface area contributed by atoms with E-state index in [1.54, 1.807) is 31.2 Å². The van der Waals surface area contributed by atoms with Crippen LogP contribution in [0.4, 0.5) is 0 Å². The van der Waals surface area contributed by atoms with Crippen molar-refractivity contribution in [2.24, 2.45) is 0 Å². The molecule has 0 bridgehead atoms. The number of nitrogens with zero attached hydrogens (tertiary/aromatic N) is 1. The number of hydrogen-bond donors (Lipinski definition) is 2. The molecule has 2 N–H and O–H groups in total. The Balaban J connectivity index is 1.42. The number of ether oxygens (including phenoxy) is 4. The van der Waals surface area contributed by atoms with Crippen LogP contribution in [0.15, 0.2) is 40.1 Å². The van der Waals surface area contributed by atoms with Crippen molar-refractivity contribution in [1.29, 1.82) is 0 Å². The van der Waals surface area contributed by atoms with Gasteiger partial charge in [0.05, 0.1) is 13.7 Å². The minimum atomic E-state index is -4.16. The van der Waals surface area contributed by atoms with Crippen LogP contribution in [0.3, 0.4) is 0 Å². The number of rotatable bonds is 11.